The largest absolute Gasteiger partial charge is 0.465 e. The quantitative estimate of drug-likeness (QED) is 0.625. The highest BCUT2D eigenvalue weighted by Gasteiger charge is 2.14. The molecule has 4 heteroatoms. The van der Waals surface area contributed by atoms with Gasteiger partial charge in [-0.1, -0.05) is 42.8 Å². The first kappa shape index (κ1) is 16.4. The van der Waals surface area contributed by atoms with Gasteiger partial charge in [0.2, 0.25) is 0 Å². The van der Waals surface area contributed by atoms with Crippen molar-refractivity contribution < 1.29 is 9.53 Å². The van der Waals surface area contributed by atoms with Gasteiger partial charge in [0.05, 0.1) is 18.4 Å². The molecular formula is C20H19NO2S. The van der Waals surface area contributed by atoms with Gasteiger partial charge in [-0.15, -0.1) is 11.3 Å². The van der Waals surface area contributed by atoms with Gasteiger partial charge in [0.25, 0.3) is 0 Å². The Hall–Kier alpha value is -2.46. The third-order valence-corrected chi connectivity index (χ3v) is 5.07. The lowest BCUT2D eigenvalue weighted by Gasteiger charge is -2.09. The first-order chi connectivity index (χ1) is 11.6. The number of esters is 1. The Balaban J connectivity index is 1.83. The molecule has 0 aliphatic carbocycles. The molecule has 3 rings (SSSR count). The topological polar surface area (TPSA) is 39.2 Å². The van der Waals surface area contributed by atoms with E-state index in [2.05, 4.69) is 43.5 Å². The van der Waals surface area contributed by atoms with Crippen molar-refractivity contribution in [2.24, 2.45) is 0 Å². The fourth-order valence-electron chi connectivity index (χ4n) is 2.59. The van der Waals surface area contributed by atoms with Crippen LogP contribution < -0.4 is 0 Å². The minimum atomic E-state index is -0.315. The van der Waals surface area contributed by atoms with E-state index >= 15 is 0 Å². The minimum absolute atomic E-state index is 0.181. The molecule has 0 spiro atoms. The number of hydrogen-bond acceptors (Lipinski definition) is 4. The molecule has 24 heavy (non-hydrogen) atoms. The highest BCUT2D eigenvalue weighted by Crippen LogP contribution is 2.30. The standard InChI is InChI=1S/C20H19NO2S/c1-13-5-4-6-17(11-13)18-12-24-19(21-18)14(2)15-7-9-16(10-8-15)20(22)23-3/h4-12,14H,1-3H3. The highest BCUT2D eigenvalue weighted by atomic mass is 32.1. The number of carbonyl (C=O) groups is 1. The smallest absolute Gasteiger partial charge is 0.337 e. The zero-order valence-corrected chi connectivity index (χ0v) is 14.8. The van der Waals surface area contributed by atoms with Gasteiger partial charge in [-0.3, -0.25) is 0 Å². The first-order valence-electron chi connectivity index (χ1n) is 7.79. The van der Waals surface area contributed by atoms with Gasteiger partial charge in [-0.2, -0.15) is 0 Å². The number of hydrogen-bond donors (Lipinski definition) is 0. The molecule has 2 aromatic carbocycles. The molecule has 0 N–H and O–H groups in total. The van der Waals surface area contributed by atoms with Crippen LogP contribution in [0.2, 0.25) is 0 Å². The SMILES string of the molecule is COC(=O)c1ccc(C(C)c2nc(-c3cccc(C)c3)cs2)cc1. The van der Waals surface area contributed by atoms with Crippen molar-refractivity contribution >= 4 is 17.3 Å². The third kappa shape index (κ3) is 3.39. The van der Waals surface area contributed by atoms with E-state index in [1.165, 1.54) is 12.7 Å². The van der Waals surface area contributed by atoms with Crippen LogP contribution in [0.4, 0.5) is 0 Å². The summed E-state index contributed by atoms with van der Waals surface area (Å²) >= 11 is 1.67. The van der Waals surface area contributed by atoms with Gasteiger partial charge in [0.15, 0.2) is 0 Å². The van der Waals surface area contributed by atoms with Crippen molar-refractivity contribution in [2.45, 2.75) is 19.8 Å². The maximum absolute atomic E-state index is 11.5. The van der Waals surface area contributed by atoms with Crippen molar-refractivity contribution in [3.63, 3.8) is 0 Å². The Bertz CT molecular complexity index is 852. The number of benzene rings is 2. The van der Waals surface area contributed by atoms with Gasteiger partial charge in [0, 0.05) is 16.9 Å². The molecule has 1 atom stereocenters. The Labute approximate surface area is 146 Å². The molecule has 0 amide bonds. The fourth-order valence-corrected chi connectivity index (χ4v) is 3.50. The molecule has 1 aromatic heterocycles. The number of aromatic nitrogens is 1. The minimum Gasteiger partial charge on any atom is -0.465 e. The molecule has 0 bridgehead atoms. The zero-order chi connectivity index (χ0) is 17.1. The summed E-state index contributed by atoms with van der Waals surface area (Å²) in [6.45, 7) is 4.22. The van der Waals surface area contributed by atoms with Crippen LogP contribution in [-0.4, -0.2) is 18.1 Å². The molecule has 1 heterocycles. The van der Waals surface area contributed by atoms with Crippen LogP contribution >= 0.6 is 11.3 Å². The first-order valence-corrected chi connectivity index (χ1v) is 8.67. The van der Waals surface area contributed by atoms with E-state index in [1.54, 1.807) is 23.5 Å². The molecule has 0 saturated carbocycles. The summed E-state index contributed by atoms with van der Waals surface area (Å²) in [6, 6.07) is 15.9. The second kappa shape index (κ2) is 6.97. The van der Waals surface area contributed by atoms with E-state index in [-0.39, 0.29) is 11.9 Å². The van der Waals surface area contributed by atoms with Crippen LogP contribution in [0.3, 0.4) is 0 Å². The molecule has 1 unspecified atom stereocenters. The van der Waals surface area contributed by atoms with Gasteiger partial charge in [-0.25, -0.2) is 9.78 Å². The van der Waals surface area contributed by atoms with Crippen LogP contribution in [0, 0.1) is 6.92 Å². The number of aryl methyl sites for hydroxylation is 1. The number of nitrogens with zero attached hydrogens (tertiary/aromatic N) is 1. The maximum atomic E-state index is 11.5. The van der Waals surface area contributed by atoms with Gasteiger partial charge in [-0.05, 0) is 30.7 Å². The van der Waals surface area contributed by atoms with E-state index in [9.17, 15) is 4.79 Å². The summed E-state index contributed by atoms with van der Waals surface area (Å²) in [4.78, 5) is 16.3. The van der Waals surface area contributed by atoms with Crippen LogP contribution in [0.25, 0.3) is 11.3 Å². The second-order valence-corrected chi connectivity index (χ2v) is 6.67. The van der Waals surface area contributed by atoms with Crippen molar-refractivity contribution in [3.8, 4) is 11.3 Å². The Kier molecular flexibility index (Phi) is 4.76. The van der Waals surface area contributed by atoms with Gasteiger partial charge >= 0.3 is 5.97 Å². The predicted molar refractivity (Wildman–Crippen MR) is 97.6 cm³/mol. The van der Waals surface area contributed by atoms with Crippen LogP contribution in [-0.2, 0) is 4.74 Å². The van der Waals surface area contributed by atoms with E-state index < -0.39 is 0 Å². The molecular weight excluding hydrogens is 318 g/mol. The Morgan fingerprint density at radius 1 is 1.17 bits per heavy atom. The summed E-state index contributed by atoms with van der Waals surface area (Å²) in [7, 11) is 1.39. The lowest BCUT2D eigenvalue weighted by Crippen LogP contribution is -2.02. The van der Waals surface area contributed by atoms with Crippen molar-refractivity contribution in [1.82, 2.24) is 4.98 Å². The summed E-state index contributed by atoms with van der Waals surface area (Å²) in [5, 5.41) is 3.17. The molecule has 3 aromatic rings. The summed E-state index contributed by atoms with van der Waals surface area (Å²) < 4.78 is 4.73. The fraction of sp³-hybridized carbons (Fsp3) is 0.200. The number of rotatable bonds is 4. The third-order valence-electron chi connectivity index (χ3n) is 4.04. The number of carbonyl (C=O) groups excluding carboxylic acids is 1. The molecule has 0 aliphatic rings. The number of thiazole rings is 1. The van der Waals surface area contributed by atoms with Crippen molar-refractivity contribution in [1.29, 1.82) is 0 Å². The molecule has 3 nitrogen and oxygen atoms in total. The highest BCUT2D eigenvalue weighted by molar-refractivity contribution is 7.10. The second-order valence-electron chi connectivity index (χ2n) is 5.78. The van der Waals surface area contributed by atoms with Crippen molar-refractivity contribution in [3.05, 3.63) is 75.6 Å². The van der Waals surface area contributed by atoms with Crippen LogP contribution in [0.5, 0.6) is 0 Å². The van der Waals surface area contributed by atoms with Gasteiger partial charge in [0.1, 0.15) is 5.01 Å². The average Bonchev–Trinajstić information content (AvgIpc) is 3.10. The van der Waals surface area contributed by atoms with Crippen molar-refractivity contribution in [2.75, 3.05) is 7.11 Å². The lowest BCUT2D eigenvalue weighted by atomic mass is 10.0. The predicted octanol–water partition coefficient (Wildman–Crippen LogP) is 5.06. The molecule has 0 fully saturated rings. The summed E-state index contributed by atoms with van der Waals surface area (Å²) in [6.07, 6.45) is 0. The molecule has 0 aliphatic heterocycles. The number of ether oxygens (including phenoxy) is 1. The molecule has 0 saturated heterocycles. The average molecular weight is 337 g/mol. The monoisotopic (exact) mass is 337 g/mol. The summed E-state index contributed by atoms with van der Waals surface area (Å²) in [5.74, 6) is -0.134. The molecule has 122 valence electrons. The van der Waals surface area contributed by atoms with E-state index in [0.717, 1.165) is 21.8 Å². The van der Waals surface area contributed by atoms with E-state index in [4.69, 9.17) is 9.72 Å². The molecule has 0 radical (unpaired) electrons. The van der Waals surface area contributed by atoms with E-state index in [0.29, 0.717) is 5.56 Å². The van der Waals surface area contributed by atoms with Crippen LogP contribution in [0.1, 0.15) is 39.3 Å². The maximum Gasteiger partial charge on any atom is 0.337 e. The van der Waals surface area contributed by atoms with Gasteiger partial charge < -0.3 is 4.74 Å². The zero-order valence-electron chi connectivity index (χ0n) is 13.9. The summed E-state index contributed by atoms with van der Waals surface area (Å²) in [5.41, 5.74) is 5.08. The number of methoxy groups -OCH3 is 1. The lowest BCUT2D eigenvalue weighted by molar-refractivity contribution is 0.0600. The Morgan fingerprint density at radius 3 is 2.58 bits per heavy atom. The Morgan fingerprint density at radius 2 is 1.92 bits per heavy atom. The normalized spacial score (nSPS) is 12.0. The van der Waals surface area contributed by atoms with E-state index in [1.807, 2.05) is 12.1 Å². The van der Waals surface area contributed by atoms with Crippen LogP contribution in [0.15, 0.2) is 53.9 Å².